The lowest BCUT2D eigenvalue weighted by atomic mass is 9.76. The van der Waals surface area contributed by atoms with E-state index in [9.17, 15) is 14.4 Å². The molecule has 3 aromatic heterocycles. The summed E-state index contributed by atoms with van der Waals surface area (Å²) in [6, 6.07) is 7.54. The number of aromatic nitrogens is 3. The second-order valence-electron chi connectivity index (χ2n) is 8.63. The Morgan fingerprint density at radius 2 is 1.94 bits per heavy atom. The maximum Gasteiger partial charge on any atom is 0.285 e. The van der Waals surface area contributed by atoms with E-state index in [0.717, 1.165) is 31.5 Å². The summed E-state index contributed by atoms with van der Waals surface area (Å²) in [5, 5.41) is 4.84. The van der Waals surface area contributed by atoms with Crippen molar-refractivity contribution in [1.82, 2.24) is 24.8 Å². The van der Waals surface area contributed by atoms with Crippen molar-refractivity contribution in [1.29, 1.82) is 0 Å². The van der Waals surface area contributed by atoms with Crippen LogP contribution in [0.3, 0.4) is 0 Å². The zero-order valence-corrected chi connectivity index (χ0v) is 19.0. The molecule has 3 aromatic rings. The third-order valence-electron chi connectivity index (χ3n) is 6.70. The molecule has 1 N–H and O–H groups in total. The van der Waals surface area contributed by atoms with Crippen LogP contribution < -0.4 is 10.9 Å². The Balaban J connectivity index is 1.26. The van der Waals surface area contributed by atoms with Gasteiger partial charge in [-0.3, -0.25) is 19.4 Å². The Morgan fingerprint density at radius 3 is 2.67 bits per heavy atom. The second kappa shape index (κ2) is 8.90. The van der Waals surface area contributed by atoms with Gasteiger partial charge in [-0.1, -0.05) is 6.07 Å². The van der Waals surface area contributed by atoms with E-state index < -0.39 is 5.56 Å². The smallest absolute Gasteiger partial charge is 0.285 e. The zero-order valence-electron chi connectivity index (χ0n) is 18.2. The van der Waals surface area contributed by atoms with Crippen molar-refractivity contribution < 1.29 is 9.59 Å². The fourth-order valence-corrected chi connectivity index (χ4v) is 5.53. The van der Waals surface area contributed by atoms with Crippen LogP contribution in [-0.2, 0) is 18.4 Å². The molecule has 5 heterocycles. The first-order valence-corrected chi connectivity index (χ1v) is 12.1. The van der Waals surface area contributed by atoms with Gasteiger partial charge < -0.3 is 14.8 Å². The number of thiophene rings is 1. The molecule has 5 rings (SSSR count). The van der Waals surface area contributed by atoms with Crippen LogP contribution in [0, 0.1) is 0 Å². The number of amides is 2. The number of hydrogen-bond acceptors (Lipinski definition) is 6. The lowest BCUT2D eigenvalue weighted by Crippen LogP contribution is -2.45. The third-order valence-corrected chi connectivity index (χ3v) is 7.63. The van der Waals surface area contributed by atoms with Gasteiger partial charge >= 0.3 is 0 Å². The Labute approximate surface area is 195 Å². The molecule has 2 amide bonds. The molecular formula is C24H25N5O3S. The van der Waals surface area contributed by atoms with E-state index in [1.54, 1.807) is 42.1 Å². The monoisotopic (exact) mass is 463 g/mol. The lowest BCUT2D eigenvalue weighted by Gasteiger charge is -2.38. The predicted molar refractivity (Wildman–Crippen MR) is 125 cm³/mol. The molecule has 0 aliphatic carbocycles. The van der Waals surface area contributed by atoms with Crippen molar-refractivity contribution >= 4 is 23.2 Å². The van der Waals surface area contributed by atoms with Gasteiger partial charge in [-0.25, -0.2) is 0 Å². The van der Waals surface area contributed by atoms with E-state index in [1.807, 2.05) is 27.0 Å². The van der Waals surface area contributed by atoms with E-state index in [4.69, 9.17) is 0 Å². The molecule has 9 heteroatoms. The van der Waals surface area contributed by atoms with Crippen molar-refractivity contribution in [2.45, 2.75) is 37.6 Å². The van der Waals surface area contributed by atoms with Gasteiger partial charge in [0.2, 0.25) is 0 Å². The highest BCUT2D eigenvalue weighted by Gasteiger charge is 2.44. The van der Waals surface area contributed by atoms with Crippen molar-refractivity contribution in [3.63, 3.8) is 0 Å². The van der Waals surface area contributed by atoms with Gasteiger partial charge in [0.25, 0.3) is 17.4 Å². The highest BCUT2D eigenvalue weighted by Crippen LogP contribution is 2.42. The topological polar surface area (TPSA) is 97.2 Å². The van der Waals surface area contributed by atoms with E-state index in [2.05, 4.69) is 15.3 Å². The van der Waals surface area contributed by atoms with Crippen LogP contribution in [0.25, 0.3) is 0 Å². The Morgan fingerprint density at radius 1 is 1.12 bits per heavy atom. The van der Waals surface area contributed by atoms with Gasteiger partial charge in [0.05, 0.1) is 5.56 Å². The molecular weight excluding hydrogens is 438 g/mol. The fraction of sp³-hybridized carbons (Fsp3) is 0.375. The average Bonchev–Trinajstić information content (AvgIpc) is 3.48. The van der Waals surface area contributed by atoms with Crippen LogP contribution in [-0.4, -0.2) is 50.9 Å². The first-order valence-electron chi connectivity index (χ1n) is 11.2. The van der Waals surface area contributed by atoms with Crippen molar-refractivity contribution in [2.75, 3.05) is 19.6 Å². The van der Waals surface area contributed by atoms with Crippen LogP contribution in [0.2, 0.25) is 0 Å². The van der Waals surface area contributed by atoms with E-state index in [-0.39, 0.29) is 22.8 Å². The van der Waals surface area contributed by atoms with Crippen molar-refractivity contribution in [3.05, 3.63) is 80.4 Å². The molecule has 1 saturated heterocycles. The number of piperidine rings is 1. The number of rotatable bonds is 5. The Hall–Kier alpha value is -3.33. The molecule has 8 nitrogen and oxygen atoms in total. The first kappa shape index (κ1) is 21.5. The SMILES string of the molecule is O=C(NCCc1cccs1)c1cn2c(nc1=O)C1(CCN(C(=O)c3cccnc3)CC1)CC2. The normalized spacial score (nSPS) is 16.5. The summed E-state index contributed by atoms with van der Waals surface area (Å²) < 4.78 is 1.95. The van der Waals surface area contributed by atoms with Gasteiger partial charge in [-0.2, -0.15) is 4.98 Å². The molecule has 1 fully saturated rings. The number of nitrogens with one attached hydrogen (secondary N) is 1. The van der Waals surface area contributed by atoms with Crippen LogP contribution in [0.4, 0.5) is 0 Å². The quantitative estimate of drug-likeness (QED) is 0.626. The summed E-state index contributed by atoms with van der Waals surface area (Å²) in [7, 11) is 0. The molecule has 0 bridgehead atoms. The summed E-state index contributed by atoms with van der Waals surface area (Å²) in [6.07, 6.45) is 7.99. The number of aryl methyl sites for hydroxylation is 1. The number of likely N-dealkylation sites (tertiary alicyclic amines) is 1. The average molecular weight is 464 g/mol. The largest absolute Gasteiger partial charge is 0.351 e. The molecule has 0 saturated carbocycles. The number of fused-ring (bicyclic) bond motifs is 2. The van der Waals surface area contributed by atoms with Crippen LogP contribution in [0.15, 0.2) is 53.0 Å². The summed E-state index contributed by atoms with van der Waals surface area (Å²) in [5.74, 6) is 0.351. The highest BCUT2D eigenvalue weighted by atomic mass is 32.1. The maximum atomic E-state index is 12.8. The van der Waals surface area contributed by atoms with Crippen molar-refractivity contribution in [2.24, 2.45) is 0 Å². The molecule has 2 aliphatic heterocycles. The third kappa shape index (κ3) is 4.20. The number of nitrogens with zero attached hydrogens (tertiary/aromatic N) is 4. The first-order chi connectivity index (χ1) is 16.1. The van der Waals surface area contributed by atoms with Gasteiger partial charge in [-0.15, -0.1) is 11.3 Å². The molecule has 0 unspecified atom stereocenters. The molecule has 33 heavy (non-hydrogen) atoms. The fourth-order valence-electron chi connectivity index (χ4n) is 4.82. The number of hydrogen-bond donors (Lipinski definition) is 1. The minimum Gasteiger partial charge on any atom is -0.351 e. The lowest BCUT2D eigenvalue weighted by molar-refractivity contribution is 0.0662. The summed E-state index contributed by atoms with van der Waals surface area (Å²) in [4.78, 5) is 49.5. The maximum absolute atomic E-state index is 12.8. The molecule has 0 aromatic carbocycles. The predicted octanol–water partition coefficient (Wildman–Crippen LogP) is 2.25. The van der Waals surface area contributed by atoms with Gasteiger partial charge in [0, 0.05) is 55.1 Å². The highest BCUT2D eigenvalue weighted by molar-refractivity contribution is 7.09. The van der Waals surface area contributed by atoms with Crippen LogP contribution >= 0.6 is 11.3 Å². The van der Waals surface area contributed by atoms with E-state index >= 15 is 0 Å². The number of carbonyl (C=O) groups is 2. The standard InChI is InChI=1S/C24H25N5O3S/c30-20(26-10-5-18-4-2-14-33-18)19-16-29-13-8-24(23(29)27-21(19)31)6-11-28(12-7-24)22(32)17-3-1-9-25-15-17/h1-4,9,14-16H,5-8,10-13H2,(H,26,30). The Kier molecular flexibility index (Phi) is 5.80. The molecule has 1 spiro atoms. The van der Waals surface area contributed by atoms with E-state index in [0.29, 0.717) is 31.7 Å². The summed E-state index contributed by atoms with van der Waals surface area (Å²) in [5.41, 5.74) is -0.0282. The van der Waals surface area contributed by atoms with Crippen LogP contribution in [0.1, 0.15) is 50.7 Å². The van der Waals surface area contributed by atoms with E-state index in [1.165, 1.54) is 4.88 Å². The minimum absolute atomic E-state index is 0.0177. The Bertz CT molecular complexity index is 1210. The zero-order chi connectivity index (χ0) is 22.8. The molecule has 170 valence electrons. The minimum atomic E-state index is -0.481. The van der Waals surface area contributed by atoms with Gasteiger partial charge in [-0.05, 0) is 49.3 Å². The summed E-state index contributed by atoms with van der Waals surface area (Å²) in [6.45, 7) is 2.41. The van der Waals surface area contributed by atoms with Crippen LogP contribution in [0.5, 0.6) is 0 Å². The molecule has 0 radical (unpaired) electrons. The number of pyridine rings is 1. The summed E-state index contributed by atoms with van der Waals surface area (Å²) >= 11 is 1.65. The molecule has 2 aliphatic rings. The molecule has 0 atom stereocenters. The number of carbonyl (C=O) groups excluding carboxylic acids is 2. The van der Waals surface area contributed by atoms with Crippen molar-refractivity contribution in [3.8, 4) is 0 Å². The second-order valence-corrected chi connectivity index (χ2v) is 9.66. The van der Waals surface area contributed by atoms with Gasteiger partial charge in [0.15, 0.2) is 0 Å². The van der Waals surface area contributed by atoms with Gasteiger partial charge in [0.1, 0.15) is 11.4 Å².